The highest BCUT2D eigenvalue weighted by Crippen LogP contribution is 2.45. The number of aliphatic hydroxyl groups excluding tert-OH is 2. The van der Waals surface area contributed by atoms with Crippen LogP contribution in [-0.4, -0.2) is 32.8 Å². The van der Waals surface area contributed by atoms with Gasteiger partial charge in [0.1, 0.15) is 0 Å². The summed E-state index contributed by atoms with van der Waals surface area (Å²) < 4.78 is 0. The molecule has 4 nitrogen and oxygen atoms in total. The maximum atomic E-state index is 10.8. The van der Waals surface area contributed by atoms with Gasteiger partial charge in [-0.3, -0.25) is 4.79 Å². The van der Waals surface area contributed by atoms with E-state index in [-0.39, 0.29) is 23.6 Å². The Hall–Kier alpha value is -1.10. The van der Waals surface area contributed by atoms with Gasteiger partial charge in [-0.25, -0.2) is 0 Å². The fourth-order valence-corrected chi connectivity index (χ4v) is 6.00. The number of carboxylic acid groups (broad SMARTS) is 1. The number of hydrogen-bond donors (Lipinski definition) is 3. The molecule has 0 saturated heterocycles. The molecule has 0 bridgehead atoms. The molecule has 0 aliphatic heterocycles. The van der Waals surface area contributed by atoms with Gasteiger partial charge in [0.2, 0.25) is 0 Å². The molecule has 0 spiro atoms. The summed E-state index contributed by atoms with van der Waals surface area (Å²) in [5.41, 5.74) is 2.09. The maximum absolute atomic E-state index is 10.8. The van der Waals surface area contributed by atoms with Crippen LogP contribution in [0.25, 0.3) is 0 Å². The van der Waals surface area contributed by atoms with E-state index in [0.29, 0.717) is 12.3 Å². The smallest absolute Gasteiger partial charge is 0.303 e. The van der Waals surface area contributed by atoms with E-state index in [1.807, 2.05) is 12.1 Å². The zero-order valence-corrected chi connectivity index (χ0v) is 18.6. The minimum absolute atomic E-state index is 0.0310. The Morgan fingerprint density at radius 1 is 1.03 bits per heavy atom. The minimum atomic E-state index is -0.730. The molecule has 2 saturated carbocycles. The molecular formula is C25H37ClO4. The van der Waals surface area contributed by atoms with Crippen LogP contribution in [0.15, 0.2) is 24.3 Å². The van der Waals surface area contributed by atoms with Crippen molar-refractivity contribution >= 4 is 17.6 Å². The average molecular weight is 437 g/mol. The Labute approximate surface area is 185 Å². The van der Waals surface area contributed by atoms with Gasteiger partial charge < -0.3 is 15.3 Å². The quantitative estimate of drug-likeness (QED) is 0.320. The van der Waals surface area contributed by atoms with E-state index >= 15 is 0 Å². The highest BCUT2D eigenvalue weighted by Gasteiger charge is 2.41. The molecule has 0 aromatic heterocycles. The number of alkyl halides is 1. The second-order valence-electron chi connectivity index (χ2n) is 9.36. The van der Waals surface area contributed by atoms with Gasteiger partial charge in [0.15, 0.2) is 0 Å². The van der Waals surface area contributed by atoms with Crippen molar-refractivity contribution in [3.63, 3.8) is 0 Å². The topological polar surface area (TPSA) is 77.8 Å². The van der Waals surface area contributed by atoms with Crippen molar-refractivity contribution in [1.29, 1.82) is 0 Å². The number of unbranched alkanes of at least 4 members (excludes halogenated alkanes) is 3. The third kappa shape index (κ3) is 6.21. The lowest BCUT2D eigenvalue weighted by Crippen LogP contribution is -2.19. The number of carbonyl (C=O) groups is 1. The van der Waals surface area contributed by atoms with Gasteiger partial charge in [-0.1, -0.05) is 62.8 Å². The number of aliphatic carboxylic acids is 1. The number of aliphatic hydroxyl groups is 2. The number of benzene rings is 1. The number of carboxylic acids is 1. The van der Waals surface area contributed by atoms with E-state index < -0.39 is 18.2 Å². The standard InChI is InChI=1S/C25H37ClO4/c26-21-16-22(27)24(20(21)10-6-1-2-7-11-23(28)29)17-12-14-19(15-13-17)25(30)18-8-4-3-5-9-18/h12-15,18,20-22,24-25,27,30H,1-11,16H2,(H,28,29). The van der Waals surface area contributed by atoms with E-state index in [1.54, 1.807) is 0 Å². The van der Waals surface area contributed by atoms with Crippen LogP contribution in [0.2, 0.25) is 0 Å². The van der Waals surface area contributed by atoms with Gasteiger partial charge in [0.05, 0.1) is 12.2 Å². The normalized spacial score (nSPS) is 28.5. The largest absolute Gasteiger partial charge is 0.481 e. The Balaban J connectivity index is 1.57. The van der Waals surface area contributed by atoms with Crippen molar-refractivity contribution in [2.24, 2.45) is 11.8 Å². The molecule has 0 amide bonds. The first-order valence-corrected chi connectivity index (χ1v) is 12.2. The molecule has 5 unspecified atom stereocenters. The molecule has 2 aliphatic carbocycles. The van der Waals surface area contributed by atoms with Gasteiger partial charge >= 0.3 is 5.97 Å². The summed E-state index contributed by atoms with van der Waals surface area (Å²) in [6.45, 7) is 0. The van der Waals surface area contributed by atoms with E-state index in [1.165, 1.54) is 19.3 Å². The summed E-state index contributed by atoms with van der Waals surface area (Å²) in [6.07, 6.45) is 10.5. The Bertz CT molecular complexity index is 656. The predicted molar refractivity (Wildman–Crippen MR) is 120 cm³/mol. The van der Waals surface area contributed by atoms with Crippen molar-refractivity contribution in [3.05, 3.63) is 35.4 Å². The molecule has 0 heterocycles. The summed E-state index contributed by atoms with van der Waals surface area (Å²) in [6, 6.07) is 8.21. The molecule has 3 N–H and O–H groups in total. The number of rotatable bonds is 10. The van der Waals surface area contributed by atoms with Crippen LogP contribution < -0.4 is 0 Å². The first kappa shape index (κ1) is 23.6. The fraction of sp³-hybridized carbons (Fsp3) is 0.720. The van der Waals surface area contributed by atoms with Crippen LogP contribution >= 0.6 is 11.6 Å². The van der Waals surface area contributed by atoms with Crippen LogP contribution in [0.4, 0.5) is 0 Å². The van der Waals surface area contributed by atoms with Crippen molar-refractivity contribution in [3.8, 4) is 0 Å². The molecule has 30 heavy (non-hydrogen) atoms. The van der Waals surface area contributed by atoms with Crippen LogP contribution in [0.5, 0.6) is 0 Å². The zero-order valence-electron chi connectivity index (χ0n) is 17.9. The first-order valence-electron chi connectivity index (χ1n) is 11.8. The third-order valence-corrected chi connectivity index (χ3v) is 7.75. The second-order valence-corrected chi connectivity index (χ2v) is 9.93. The maximum Gasteiger partial charge on any atom is 0.303 e. The lowest BCUT2D eigenvalue weighted by molar-refractivity contribution is -0.137. The Morgan fingerprint density at radius 2 is 1.70 bits per heavy atom. The van der Waals surface area contributed by atoms with E-state index in [2.05, 4.69) is 12.1 Å². The van der Waals surface area contributed by atoms with Gasteiger partial charge in [0, 0.05) is 17.7 Å². The molecule has 0 radical (unpaired) electrons. The molecule has 5 atom stereocenters. The third-order valence-electron chi connectivity index (χ3n) is 7.24. The Kier molecular flexibility index (Phi) is 9.03. The second kappa shape index (κ2) is 11.5. The molecule has 5 heteroatoms. The lowest BCUT2D eigenvalue weighted by atomic mass is 9.81. The summed E-state index contributed by atoms with van der Waals surface area (Å²) in [5.74, 6) is -0.0997. The average Bonchev–Trinajstić information content (AvgIpc) is 3.03. The molecule has 2 aliphatic rings. The minimum Gasteiger partial charge on any atom is -0.481 e. The van der Waals surface area contributed by atoms with Gasteiger partial charge in [-0.15, -0.1) is 11.6 Å². The lowest BCUT2D eigenvalue weighted by Gasteiger charge is -2.28. The van der Waals surface area contributed by atoms with Crippen LogP contribution in [0, 0.1) is 11.8 Å². The van der Waals surface area contributed by atoms with Crippen LogP contribution in [0.3, 0.4) is 0 Å². The SMILES string of the molecule is O=C(O)CCCCCCC1C(Cl)CC(O)C1c1ccc(C(O)C2CCCCC2)cc1. The predicted octanol–water partition coefficient (Wildman–Crippen LogP) is 5.80. The fourth-order valence-electron chi connectivity index (χ4n) is 5.54. The van der Waals surface area contributed by atoms with Gasteiger partial charge in [-0.2, -0.15) is 0 Å². The van der Waals surface area contributed by atoms with Crippen molar-refractivity contribution in [1.82, 2.24) is 0 Å². The summed E-state index contributed by atoms with van der Waals surface area (Å²) >= 11 is 6.60. The van der Waals surface area contributed by atoms with Crippen LogP contribution in [-0.2, 0) is 4.79 Å². The Morgan fingerprint density at radius 3 is 2.37 bits per heavy atom. The number of halogens is 1. The molecule has 1 aromatic carbocycles. The highest BCUT2D eigenvalue weighted by atomic mass is 35.5. The van der Waals surface area contributed by atoms with E-state index in [0.717, 1.165) is 56.1 Å². The summed E-state index contributed by atoms with van der Waals surface area (Å²) in [4.78, 5) is 10.6. The molecule has 3 rings (SSSR count). The highest BCUT2D eigenvalue weighted by molar-refractivity contribution is 6.21. The van der Waals surface area contributed by atoms with E-state index in [9.17, 15) is 15.0 Å². The monoisotopic (exact) mass is 436 g/mol. The van der Waals surface area contributed by atoms with Crippen molar-refractivity contribution in [2.45, 2.75) is 101 Å². The van der Waals surface area contributed by atoms with E-state index in [4.69, 9.17) is 16.7 Å². The van der Waals surface area contributed by atoms with Crippen molar-refractivity contribution in [2.75, 3.05) is 0 Å². The summed E-state index contributed by atoms with van der Waals surface area (Å²) in [7, 11) is 0. The number of hydrogen-bond acceptors (Lipinski definition) is 3. The molecule has 2 fully saturated rings. The zero-order chi connectivity index (χ0) is 21.5. The first-order chi connectivity index (χ1) is 14.5. The molecular weight excluding hydrogens is 400 g/mol. The molecule has 168 valence electrons. The van der Waals surface area contributed by atoms with Gasteiger partial charge in [0.25, 0.3) is 0 Å². The van der Waals surface area contributed by atoms with Crippen molar-refractivity contribution < 1.29 is 20.1 Å². The van der Waals surface area contributed by atoms with Crippen LogP contribution in [0.1, 0.15) is 100 Å². The molecule has 1 aromatic rings. The van der Waals surface area contributed by atoms with Gasteiger partial charge in [-0.05, 0) is 55.1 Å². The summed E-state index contributed by atoms with van der Waals surface area (Å²) in [5, 5.41) is 30.1.